The molecule has 0 aliphatic heterocycles. The van der Waals surface area contributed by atoms with Gasteiger partial charge < -0.3 is 9.47 Å². The minimum absolute atomic E-state index is 0.0615. The summed E-state index contributed by atoms with van der Waals surface area (Å²) in [5.41, 5.74) is 0.539. The van der Waals surface area contributed by atoms with Crippen LogP contribution < -0.4 is 9.47 Å². The van der Waals surface area contributed by atoms with Crippen LogP contribution in [0.5, 0.6) is 11.5 Å². The van der Waals surface area contributed by atoms with Gasteiger partial charge in [-0.25, -0.2) is 0 Å². The van der Waals surface area contributed by atoms with E-state index in [1.807, 2.05) is 0 Å². The van der Waals surface area contributed by atoms with Gasteiger partial charge in [0, 0.05) is 16.1 Å². The molecule has 3 nitrogen and oxygen atoms in total. The maximum atomic E-state index is 12.4. The first-order chi connectivity index (χ1) is 9.05. The number of hydrogen-bond donors (Lipinski definition) is 0. The van der Waals surface area contributed by atoms with Crippen molar-refractivity contribution in [2.45, 2.75) is 0 Å². The van der Waals surface area contributed by atoms with Crippen molar-refractivity contribution < 1.29 is 14.3 Å². The monoisotopic (exact) mass is 404 g/mol. The van der Waals surface area contributed by atoms with Crippen LogP contribution in [0.4, 0.5) is 0 Å². The summed E-state index contributed by atoms with van der Waals surface area (Å²) in [6.07, 6.45) is 0. The Kier molecular flexibility index (Phi) is 4.65. The summed E-state index contributed by atoms with van der Waals surface area (Å²) < 4.78 is 12.1. The molecule has 0 atom stereocenters. The van der Waals surface area contributed by atoms with Crippen LogP contribution in [0.15, 0.2) is 32.5 Å². The fraction of sp³-hybridized carbons (Fsp3) is 0.154. The van der Waals surface area contributed by atoms with E-state index in [0.29, 0.717) is 21.9 Å². The van der Waals surface area contributed by atoms with Gasteiger partial charge in [-0.15, -0.1) is 11.3 Å². The molecule has 2 rings (SSSR count). The second-order valence-electron chi connectivity index (χ2n) is 3.66. The van der Waals surface area contributed by atoms with E-state index in [1.54, 1.807) is 38.5 Å². The Bertz CT molecular complexity index is 581. The van der Waals surface area contributed by atoms with Crippen molar-refractivity contribution in [3.8, 4) is 11.5 Å². The van der Waals surface area contributed by atoms with E-state index in [-0.39, 0.29) is 5.78 Å². The minimum Gasteiger partial charge on any atom is -0.497 e. The number of benzene rings is 1. The molecule has 0 saturated carbocycles. The Morgan fingerprint density at radius 2 is 1.63 bits per heavy atom. The first-order valence-corrected chi connectivity index (χ1v) is 7.68. The molecule has 1 aromatic carbocycles. The predicted octanol–water partition coefficient (Wildman–Crippen LogP) is 4.52. The Labute approximate surface area is 131 Å². The number of thiophene rings is 1. The van der Waals surface area contributed by atoms with E-state index >= 15 is 0 Å². The van der Waals surface area contributed by atoms with E-state index < -0.39 is 0 Å². The SMILES string of the molecule is COc1cc(OC)cc(C(=O)c2cc(Br)c(Br)s2)c1. The third-order valence-corrected chi connectivity index (χ3v) is 5.74. The number of hydrogen-bond acceptors (Lipinski definition) is 4. The second kappa shape index (κ2) is 6.07. The molecular formula is C13H10Br2O3S. The summed E-state index contributed by atoms with van der Waals surface area (Å²) >= 11 is 8.14. The summed E-state index contributed by atoms with van der Waals surface area (Å²) in [5, 5.41) is 0. The number of rotatable bonds is 4. The third kappa shape index (κ3) is 3.19. The Morgan fingerprint density at radius 3 is 2.05 bits per heavy atom. The van der Waals surface area contributed by atoms with Crippen molar-refractivity contribution in [2.75, 3.05) is 14.2 Å². The average molecular weight is 406 g/mol. The van der Waals surface area contributed by atoms with Gasteiger partial charge in [-0.3, -0.25) is 4.79 Å². The summed E-state index contributed by atoms with van der Waals surface area (Å²) in [7, 11) is 3.11. The van der Waals surface area contributed by atoms with E-state index in [1.165, 1.54) is 11.3 Å². The average Bonchev–Trinajstić information content (AvgIpc) is 2.77. The first kappa shape index (κ1) is 14.6. The lowest BCUT2D eigenvalue weighted by Crippen LogP contribution is -2.00. The van der Waals surface area contributed by atoms with Crippen molar-refractivity contribution >= 4 is 49.0 Å². The zero-order chi connectivity index (χ0) is 14.0. The number of methoxy groups -OCH3 is 2. The predicted molar refractivity (Wildman–Crippen MR) is 82.7 cm³/mol. The molecule has 1 aromatic heterocycles. The number of ketones is 1. The molecule has 100 valence electrons. The van der Waals surface area contributed by atoms with Crippen LogP contribution in [-0.4, -0.2) is 20.0 Å². The van der Waals surface area contributed by atoms with Gasteiger partial charge in [0.25, 0.3) is 0 Å². The summed E-state index contributed by atoms with van der Waals surface area (Å²) in [6, 6.07) is 6.93. The van der Waals surface area contributed by atoms with Crippen LogP contribution in [-0.2, 0) is 0 Å². The van der Waals surface area contributed by atoms with Crippen LogP contribution in [0.3, 0.4) is 0 Å². The lowest BCUT2D eigenvalue weighted by Gasteiger charge is -2.07. The van der Waals surface area contributed by atoms with Gasteiger partial charge in [0.2, 0.25) is 5.78 Å². The van der Waals surface area contributed by atoms with Gasteiger partial charge in [-0.05, 0) is 50.1 Å². The van der Waals surface area contributed by atoms with Crippen molar-refractivity contribution in [1.82, 2.24) is 0 Å². The van der Waals surface area contributed by atoms with Crippen LogP contribution in [0, 0.1) is 0 Å². The van der Waals surface area contributed by atoms with Crippen molar-refractivity contribution in [1.29, 1.82) is 0 Å². The third-order valence-electron chi connectivity index (χ3n) is 2.48. The van der Waals surface area contributed by atoms with E-state index in [9.17, 15) is 4.79 Å². The summed E-state index contributed by atoms with van der Waals surface area (Å²) in [6.45, 7) is 0. The van der Waals surface area contributed by atoms with Crippen molar-refractivity contribution in [3.05, 3.63) is 43.0 Å². The van der Waals surface area contributed by atoms with E-state index in [4.69, 9.17) is 9.47 Å². The lowest BCUT2D eigenvalue weighted by molar-refractivity contribution is 0.104. The van der Waals surface area contributed by atoms with Gasteiger partial charge >= 0.3 is 0 Å². The standard InChI is InChI=1S/C13H10Br2O3S/c1-17-8-3-7(4-9(5-8)18-2)12(16)11-6-10(14)13(15)19-11/h3-6H,1-2H3. The fourth-order valence-electron chi connectivity index (χ4n) is 1.54. The Hall–Kier alpha value is -0.850. The second-order valence-corrected chi connectivity index (χ2v) is 6.89. The smallest absolute Gasteiger partial charge is 0.203 e. The summed E-state index contributed by atoms with van der Waals surface area (Å²) in [5.74, 6) is 1.13. The molecule has 19 heavy (non-hydrogen) atoms. The van der Waals surface area contributed by atoms with Gasteiger partial charge in [0.1, 0.15) is 11.5 Å². The fourth-order valence-corrected chi connectivity index (χ4v) is 3.54. The van der Waals surface area contributed by atoms with Crippen molar-refractivity contribution in [3.63, 3.8) is 0 Å². The molecule has 1 heterocycles. The van der Waals surface area contributed by atoms with E-state index in [2.05, 4.69) is 31.9 Å². The molecular weight excluding hydrogens is 396 g/mol. The number of ether oxygens (including phenoxy) is 2. The van der Waals surface area contributed by atoms with Gasteiger partial charge in [0.05, 0.1) is 22.9 Å². The Balaban J connectivity index is 2.43. The van der Waals surface area contributed by atoms with Crippen LogP contribution in [0.1, 0.15) is 15.2 Å². The number of carbonyl (C=O) groups excluding carboxylic acids is 1. The number of carbonyl (C=O) groups is 1. The molecule has 0 amide bonds. The molecule has 0 saturated heterocycles. The van der Waals surface area contributed by atoms with E-state index in [0.717, 1.165) is 8.26 Å². The molecule has 0 aliphatic carbocycles. The highest BCUT2D eigenvalue weighted by Crippen LogP contribution is 2.34. The largest absolute Gasteiger partial charge is 0.497 e. The highest BCUT2D eigenvalue weighted by molar-refractivity contribution is 9.13. The highest BCUT2D eigenvalue weighted by atomic mass is 79.9. The molecule has 0 spiro atoms. The van der Waals surface area contributed by atoms with Gasteiger partial charge in [-0.1, -0.05) is 0 Å². The van der Waals surface area contributed by atoms with Crippen LogP contribution >= 0.6 is 43.2 Å². The maximum absolute atomic E-state index is 12.4. The molecule has 0 unspecified atom stereocenters. The van der Waals surface area contributed by atoms with Crippen molar-refractivity contribution in [2.24, 2.45) is 0 Å². The molecule has 0 bridgehead atoms. The molecule has 0 N–H and O–H groups in total. The topological polar surface area (TPSA) is 35.5 Å². The molecule has 2 aromatic rings. The molecule has 0 radical (unpaired) electrons. The maximum Gasteiger partial charge on any atom is 0.203 e. The molecule has 0 fully saturated rings. The quantitative estimate of drug-likeness (QED) is 0.701. The van der Waals surface area contributed by atoms with Gasteiger partial charge in [-0.2, -0.15) is 0 Å². The zero-order valence-corrected chi connectivity index (χ0v) is 14.2. The number of halogens is 2. The zero-order valence-electron chi connectivity index (χ0n) is 10.2. The van der Waals surface area contributed by atoms with Crippen LogP contribution in [0.2, 0.25) is 0 Å². The van der Waals surface area contributed by atoms with Gasteiger partial charge in [0.15, 0.2) is 0 Å². The normalized spacial score (nSPS) is 10.3. The first-order valence-electron chi connectivity index (χ1n) is 5.27. The Morgan fingerprint density at radius 1 is 1.05 bits per heavy atom. The molecule has 0 aliphatic rings. The lowest BCUT2D eigenvalue weighted by atomic mass is 10.1. The highest BCUT2D eigenvalue weighted by Gasteiger charge is 2.16. The minimum atomic E-state index is -0.0615. The molecule has 6 heteroatoms. The van der Waals surface area contributed by atoms with Crippen LogP contribution in [0.25, 0.3) is 0 Å². The summed E-state index contributed by atoms with van der Waals surface area (Å²) in [4.78, 5) is 13.1.